The number of primary amides is 1. The van der Waals surface area contributed by atoms with E-state index in [9.17, 15) is 9.59 Å². The van der Waals surface area contributed by atoms with Gasteiger partial charge in [0.05, 0.1) is 5.92 Å². The normalized spacial score (nSPS) is 23.4. The minimum absolute atomic E-state index is 0.0179. The summed E-state index contributed by atoms with van der Waals surface area (Å²) in [6, 6.07) is 0. The fraction of sp³-hybridized carbons (Fsp3) is 0.800. The number of piperidine rings is 1. The summed E-state index contributed by atoms with van der Waals surface area (Å²) < 4.78 is 0. The molecule has 1 rings (SSSR count). The van der Waals surface area contributed by atoms with Crippen LogP contribution in [0.3, 0.4) is 0 Å². The smallest absolute Gasteiger partial charge is 0.221 e. The van der Waals surface area contributed by atoms with Crippen molar-refractivity contribution < 1.29 is 9.59 Å². The van der Waals surface area contributed by atoms with E-state index in [0.717, 1.165) is 32.5 Å². The number of ketones is 1. The zero-order chi connectivity index (χ0) is 10.6. The van der Waals surface area contributed by atoms with E-state index in [2.05, 4.69) is 4.90 Å². The molecule has 4 heteroatoms. The Labute approximate surface area is 84.4 Å². The van der Waals surface area contributed by atoms with E-state index < -0.39 is 0 Å². The number of Topliss-reactive ketones (excluding diaryl/α,β-unsaturated/α-hetero) is 1. The van der Waals surface area contributed by atoms with Crippen LogP contribution < -0.4 is 5.73 Å². The molecule has 4 nitrogen and oxygen atoms in total. The number of likely N-dealkylation sites (tertiary alicyclic amines) is 1. The minimum atomic E-state index is -0.211. The average Bonchev–Trinajstić information content (AvgIpc) is 2.15. The van der Waals surface area contributed by atoms with Crippen molar-refractivity contribution in [2.24, 2.45) is 11.7 Å². The van der Waals surface area contributed by atoms with E-state index in [1.165, 1.54) is 0 Å². The highest BCUT2D eigenvalue weighted by Gasteiger charge is 2.23. The van der Waals surface area contributed by atoms with Crippen LogP contribution in [0.4, 0.5) is 0 Å². The van der Waals surface area contributed by atoms with Crippen LogP contribution in [0.5, 0.6) is 0 Å². The Morgan fingerprint density at radius 3 is 2.79 bits per heavy atom. The minimum Gasteiger partial charge on any atom is -0.369 e. The SMILES string of the molecule is CC(=O)CCN1CCCC(C(N)=O)C1. The molecule has 0 saturated carbocycles. The highest BCUT2D eigenvalue weighted by Crippen LogP contribution is 2.15. The molecule has 0 aliphatic carbocycles. The molecule has 0 radical (unpaired) electrons. The Morgan fingerprint density at radius 2 is 2.21 bits per heavy atom. The Hall–Kier alpha value is -0.900. The summed E-state index contributed by atoms with van der Waals surface area (Å²) in [4.78, 5) is 23.9. The predicted octanol–water partition coefficient (Wildman–Crippen LogP) is 0.163. The quantitative estimate of drug-likeness (QED) is 0.700. The van der Waals surface area contributed by atoms with Gasteiger partial charge in [0.15, 0.2) is 0 Å². The summed E-state index contributed by atoms with van der Waals surface area (Å²) in [6.07, 6.45) is 2.48. The first-order valence-corrected chi connectivity index (χ1v) is 5.10. The van der Waals surface area contributed by atoms with Crippen molar-refractivity contribution in [2.45, 2.75) is 26.2 Å². The third kappa shape index (κ3) is 3.46. The van der Waals surface area contributed by atoms with Crippen LogP contribution in [-0.2, 0) is 9.59 Å². The molecule has 0 bridgehead atoms. The van der Waals surface area contributed by atoms with Crippen LogP contribution in [0.2, 0.25) is 0 Å². The van der Waals surface area contributed by atoms with Crippen molar-refractivity contribution in [1.82, 2.24) is 4.90 Å². The first-order valence-electron chi connectivity index (χ1n) is 5.10. The molecule has 1 heterocycles. The van der Waals surface area contributed by atoms with Crippen molar-refractivity contribution in [2.75, 3.05) is 19.6 Å². The summed E-state index contributed by atoms with van der Waals surface area (Å²) in [7, 11) is 0. The highest BCUT2D eigenvalue weighted by molar-refractivity contribution is 5.77. The van der Waals surface area contributed by atoms with E-state index in [0.29, 0.717) is 6.42 Å². The second-order valence-electron chi connectivity index (χ2n) is 3.99. The zero-order valence-corrected chi connectivity index (χ0v) is 8.66. The highest BCUT2D eigenvalue weighted by atomic mass is 16.1. The maximum Gasteiger partial charge on any atom is 0.221 e. The van der Waals surface area contributed by atoms with Gasteiger partial charge in [0, 0.05) is 19.5 Å². The summed E-state index contributed by atoms with van der Waals surface area (Å²) >= 11 is 0. The van der Waals surface area contributed by atoms with Gasteiger partial charge in [-0.15, -0.1) is 0 Å². The van der Waals surface area contributed by atoms with Crippen LogP contribution in [0.1, 0.15) is 26.2 Å². The molecule has 80 valence electrons. The van der Waals surface area contributed by atoms with Gasteiger partial charge in [-0.2, -0.15) is 0 Å². The average molecular weight is 198 g/mol. The molecule has 1 atom stereocenters. The number of hydrogen-bond donors (Lipinski definition) is 1. The molecular weight excluding hydrogens is 180 g/mol. The lowest BCUT2D eigenvalue weighted by atomic mass is 9.97. The molecule has 0 spiro atoms. The number of nitrogens with two attached hydrogens (primary N) is 1. The molecule has 0 aromatic heterocycles. The van der Waals surface area contributed by atoms with Crippen molar-refractivity contribution in [3.63, 3.8) is 0 Å². The number of amides is 1. The van der Waals surface area contributed by atoms with E-state index in [4.69, 9.17) is 5.73 Å². The molecule has 1 amide bonds. The van der Waals surface area contributed by atoms with Crippen LogP contribution in [0, 0.1) is 5.92 Å². The second-order valence-corrected chi connectivity index (χ2v) is 3.99. The van der Waals surface area contributed by atoms with Gasteiger partial charge in [0.1, 0.15) is 5.78 Å². The zero-order valence-electron chi connectivity index (χ0n) is 8.66. The molecule has 0 aromatic rings. The molecule has 1 unspecified atom stereocenters. The van der Waals surface area contributed by atoms with Gasteiger partial charge in [-0.1, -0.05) is 0 Å². The fourth-order valence-corrected chi connectivity index (χ4v) is 1.81. The summed E-state index contributed by atoms with van der Waals surface area (Å²) in [6.45, 7) is 4.06. The van der Waals surface area contributed by atoms with Gasteiger partial charge in [-0.3, -0.25) is 9.59 Å². The predicted molar refractivity (Wildman–Crippen MR) is 53.7 cm³/mol. The topological polar surface area (TPSA) is 63.4 Å². The Balaban J connectivity index is 2.32. The molecule has 0 aromatic carbocycles. The van der Waals surface area contributed by atoms with E-state index in [1.54, 1.807) is 6.92 Å². The third-order valence-corrected chi connectivity index (χ3v) is 2.69. The van der Waals surface area contributed by atoms with Gasteiger partial charge in [-0.25, -0.2) is 0 Å². The van der Waals surface area contributed by atoms with Gasteiger partial charge >= 0.3 is 0 Å². The lowest BCUT2D eigenvalue weighted by Gasteiger charge is -2.30. The maximum absolute atomic E-state index is 11.0. The van der Waals surface area contributed by atoms with E-state index in [1.807, 2.05) is 0 Å². The van der Waals surface area contributed by atoms with E-state index in [-0.39, 0.29) is 17.6 Å². The van der Waals surface area contributed by atoms with E-state index >= 15 is 0 Å². The van der Waals surface area contributed by atoms with Crippen molar-refractivity contribution in [3.05, 3.63) is 0 Å². The molecule has 1 aliphatic rings. The summed E-state index contributed by atoms with van der Waals surface area (Å²) in [5, 5.41) is 0. The molecule has 14 heavy (non-hydrogen) atoms. The second kappa shape index (κ2) is 5.10. The first-order chi connectivity index (χ1) is 6.59. The number of hydrogen-bond acceptors (Lipinski definition) is 3. The standard InChI is InChI=1S/C10H18N2O2/c1-8(13)4-6-12-5-2-3-9(7-12)10(11)14/h9H,2-7H2,1H3,(H2,11,14). The maximum atomic E-state index is 11.0. The first kappa shape index (κ1) is 11.2. The molecule has 1 fully saturated rings. The Morgan fingerprint density at radius 1 is 1.50 bits per heavy atom. The number of nitrogens with zero attached hydrogens (tertiary/aromatic N) is 1. The van der Waals surface area contributed by atoms with Gasteiger partial charge in [-0.05, 0) is 26.3 Å². The monoisotopic (exact) mass is 198 g/mol. The van der Waals surface area contributed by atoms with Gasteiger partial charge in [0.2, 0.25) is 5.91 Å². The van der Waals surface area contributed by atoms with Gasteiger partial charge in [0.25, 0.3) is 0 Å². The summed E-state index contributed by atoms with van der Waals surface area (Å²) in [5.74, 6) is -0.0283. The fourth-order valence-electron chi connectivity index (χ4n) is 1.81. The Bertz CT molecular complexity index is 228. The largest absolute Gasteiger partial charge is 0.369 e. The van der Waals surface area contributed by atoms with Crippen molar-refractivity contribution in [3.8, 4) is 0 Å². The third-order valence-electron chi connectivity index (χ3n) is 2.69. The number of rotatable bonds is 4. The summed E-state index contributed by atoms with van der Waals surface area (Å²) in [5.41, 5.74) is 5.25. The molecular formula is C10H18N2O2. The number of carbonyl (C=O) groups excluding carboxylic acids is 2. The molecule has 2 N–H and O–H groups in total. The Kier molecular flexibility index (Phi) is 4.07. The van der Waals surface area contributed by atoms with Crippen LogP contribution in [0.25, 0.3) is 0 Å². The molecule has 1 saturated heterocycles. The van der Waals surface area contributed by atoms with Gasteiger partial charge < -0.3 is 10.6 Å². The van der Waals surface area contributed by atoms with Crippen LogP contribution in [-0.4, -0.2) is 36.2 Å². The van der Waals surface area contributed by atoms with Crippen molar-refractivity contribution in [1.29, 1.82) is 0 Å². The van der Waals surface area contributed by atoms with Crippen molar-refractivity contribution >= 4 is 11.7 Å². The lowest BCUT2D eigenvalue weighted by molar-refractivity contribution is -0.123. The van der Waals surface area contributed by atoms with Crippen LogP contribution >= 0.6 is 0 Å². The number of carbonyl (C=O) groups is 2. The van der Waals surface area contributed by atoms with Crippen LogP contribution in [0.15, 0.2) is 0 Å². The lowest BCUT2D eigenvalue weighted by Crippen LogP contribution is -2.41. The molecule has 1 aliphatic heterocycles.